The van der Waals surface area contributed by atoms with E-state index < -0.39 is 0 Å². The highest BCUT2D eigenvalue weighted by Gasteiger charge is 2.16. The number of aromatic nitrogens is 1. The van der Waals surface area contributed by atoms with Crippen molar-refractivity contribution < 1.29 is 4.42 Å². The second kappa shape index (κ2) is 4.99. The smallest absolute Gasteiger partial charge is 0.144 e. The second-order valence-electron chi connectivity index (χ2n) is 5.87. The third kappa shape index (κ3) is 1.92. The molecule has 4 aromatic rings. The molecule has 0 aliphatic heterocycles. The highest BCUT2D eigenvalue weighted by Crippen LogP contribution is 2.38. The van der Waals surface area contributed by atoms with E-state index >= 15 is 0 Å². The molecule has 108 valence electrons. The van der Waals surface area contributed by atoms with E-state index in [0.717, 1.165) is 22.4 Å². The van der Waals surface area contributed by atoms with Crippen molar-refractivity contribution in [1.82, 2.24) is 4.98 Å². The van der Waals surface area contributed by atoms with Crippen LogP contribution in [0.2, 0.25) is 0 Å². The zero-order valence-electron chi connectivity index (χ0n) is 12.7. The third-order valence-electron chi connectivity index (χ3n) is 4.12. The molecule has 2 heteroatoms. The number of benzene rings is 2. The SMILES string of the molecule is CC(C)c1cccc2oc3c(-c4ccccn4)cccc3c12. The Kier molecular flexibility index (Phi) is 2.97. The van der Waals surface area contributed by atoms with Crippen molar-refractivity contribution >= 4 is 21.9 Å². The van der Waals surface area contributed by atoms with Crippen molar-refractivity contribution in [2.75, 3.05) is 0 Å². The lowest BCUT2D eigenvalue weighted by Crippen LogP contribution is -1.87. The van der Waals surface area contributed by atoms with E-state index in [2.05, 4.69) is 49.2 Å². The summed E-state index contributed by atoms with van der Waals surface area (Å²) in [6, 6.07) is 18.5. The lowest BCUT2D eigenvalue weighted by atomic mass is 9.96. The summed E-state index contributed by atoms with van der Waals surface area (Å²) in [5, 5.41) is 2.40. The summed E-state index contributed by atoms with van der Waals surface area (Å²) < 4.78 is 6.19. The summed E-state index contributed by atoms with van der Waals surface area (Å²) in [5.41, 5.74) is 5.19. The van der Waals surface area contributed by atoms with Crippen molar-refractivity contribution in [1.29, 1.82) is 0 Å². The Morgan fingerprint density at radius 1 is 0.909 bits per heavy atom. The fourth-order valence-corrected chi connectivity index (χ4v) is 3.08. The quantitative estimate of drug-likeness (QED) is 0.467. The Bertz CT molecular complexity index is 951. The van der Waals surface area contributed by atoms with Crippen molar-refractivity contribution in [2.45, 2.75) is 19.8 Å². The molecule has 2 aromatic heterocycles. The monoisotopic (exact) mass is 287 g/mol. The zero-order chi connectivity index (χ0) is 15.1. The van der Waals surface area contributed by atoms with Crippen LogP contribution in [0.4, 0.5) is 0 Å². The van der Waals surface area contributed by atoms with Gasteiger partial charge in [-0.1, -0.05) is 44.2 Å². The first kappa shape index (κ1) is 13.1. The minimum absolute atomic E-state index is 0.461. The molecule has 0 aliphatic rings. The van der Waals surface area contributed by atoms with Crippen molar-refractivity contribution in [3.8, 4) is 11.3 Å². The predicted molar refractivity (Wildman–Crippen MR) is 91.0 cm³/mol. The maximum Gasteiger partial charge on any atom is 0.144 e. The molecule has 0 bridgehead atoms. The van der Waals surface area contributed by atoms with Gasteiger partial charge in [-0.2, -0.15) is 0 Å². The van der Waals surface area contributed by atoms with E-state index in [9.17, 15) is 0 Å². The van der Waals surface area contributed by atoms with Crippen LogP contribution in [-0.4, -0.2) is 4.98 Å². The van der Waals surface area contributed by atoms with Gasteiger partial charge in [0.05, 0.1) is 5.69 Å². The van der Waals surface area contributed by atoms with Crippen LogP contribution in [0.25, 0.3) is 33.2 Å². The lowest BCUT2D eigenvalue weighted by molar-refractivity contribution is 0.669. The van der Waals surface area contributed by atoms with Gasteiger partial charge in [-0.15, -0.1) is 0 Å². The Labute approximate surface area is 129 Å². The summed E-state index contributed by atoms with van der Waals surface area (Å²) in [5.74, 6) is 0.461. The first-order chi connectivity index (χ1) is 10.8. The molecule has 0 saturated carbocycles. The molecule has 2 nitrogen and oxygen atoms in total. The molecule has 4 rings (SSSR count). The number of hydrogen-bond donors (Lipinski definition) is 0. The minimum atomic E-state index is 0.461. The van der Waals surface area contributed by atoms with Gasteiger partial charge in [-0.3, -0.25) is 4.98 Å². The first-order valence-corrected chi connectivity index (χ1v) is 7.61. The largest absolute Gasteiger partial charge is 0.455 e. The van der Waals surface area contributed by atoms with Crippen LogP contribution in [0.3, 0.4) is 0 Å². The van der Waals surface area contributed by atoms with E-state index in [1.807, 2.05) is 30.5 Å². The van der Waals surface area contributed by atoms with Crippen LogP contribution in [0.5, 0.6) is 0 Å². The van der Waals surface area contributed by atoms with Gasteiger partial charge in [-0.25, -0.2) is 0 Å². The summed E-state index contributed by atoms with van der Waals surface area (Å²) in [6.45, 7) is 4.44. The van der Waals surface area contributed by atoms with Crippen LogP contribution in [0.15, 0.2) is 65.2 Å². The highest BCUT2D eigenvalue weighted by molar-refractivity contribution is 6.10. The van der Waals surface area contributed by atoms with Crippen molar-refractivity contribution in [3.05, 3.63) is 66.4 Å². The van der Waals surface area contributed by atoms with E-state index in [-0.39, 0.29) is 0 Å². The van der Waals surface area contributed by atoms with Gasteiger partial charge in [0.1, 0.15) is 11.2 Å². The predicted octanol–water partition coefficient (Wildman–Crippen LogP) is 5.77. The van der Waals surface area contributed by atoms with Crippen LogP contribution >= 0.6 is 0 Å². The van der Waals surface area contributed by atoms with Gasteiger partial charge in [-0.05, 0) is 35.7 Å². The van der Waals surface area contributed by atoms with Gasteiger partial charge < -0.3 is 4.42 Å². The molecule has 0 N–H and O–H groups in total. The molecule has 22 heavy (non-hydrogen) atoms. The number of rotatable bonds is 2. The molecule has 2 aromatic carbocycles. The van der Waals surface area contributed by atoms with Crippen LogP contribution in [0, 0.1) is 0 Å². The number of furan rings is 1. The standard InChI is InChI=1S/C20H17NO/c1-13(2)14-7-6-11-18-19(14)16-9-5-8-15(20(16)22-18)17-10-3-4-12-21-17/h3-13H,1-2H3. The molecule has 0 fully saturated rings. The van der Waals surface area contributed by atoms with Crippen LogP contribution in [-0.2, 0) is 0 Å². The minimum Gasteiger partial charge on any atom is -0.455 e. The molecule has 0 atom stereocenters. The van der Waals surface area contributed by atoms with Gasteiger partial charge in [0.25, 0.3) is 0 Å². The number of hydrogen-bond acceptors (Lipinski definition) is 2. The molecule has 0 unspecified atom stereocenters. The Balaban J connectivity index is 2.11. The summed E-state index contributed by atoms with van der Waals surface area (Å²) in [7, 11) is 0. The molecular weight excluding hydrogens is 270 g/mol. The lowest BCUT2D eigenvalue weighted by Gasteiger charge is -2.06. The molecule has 0 aliphatic carbocycles. The van der Waals surface area contributed by atoms with Crippen LogP contribution < -0.4 is 0 Å². The Morgan fingerprint density at radius 2 is 1.77 bits per heavy atom. The summed E-state index contributed by atoms with van der Waals surface area (Å²) in [6.07, 6.45) is 1.82. The van der Waals surface area contributed by atoms with Crippen molar-refractivity contribution in [3.63, 3.8) is 0 Å². The highest BCUT2D eigenvalue weighted by atomic mass is 16.3. The summed E-state index contributed by atoms with van der Waals surface area (Å²) in [4.78, 5) is 4.47. The van der Waals surface area contributed by atoms with Crippen LogP contribution in [0.1, 0.15) is 25.3 Å². The Hall–Kier alpha value is -2.61. The molecule has 0 radical (unpaired) electrons. The maximum absolute atomic E-state index is 6.19. The van der Waals surface area contributed by atoms with Gasteiger partial charge in [0, 0.05) is 22.5 Å². The van der Waals surface area contributed by atoms with Gasteiger partial charge >= 0.3 is 0 Å². The average molecular weight is 287 g/mol. The summed E-state index contributed by atoms with van der Waals surface area (Å²) >= 11 is 0. The van der Waals surface area contributed by atoms with Crippen molar-refractivity contribution in [2.24, 2.45) is 0 Å². The maximum atomic E-state index is 6.19. The zero-order valence-corrected chi connectivity index (χ0v) is 12.7. The van der Waals surface area contributed by atoms with E-state index in [4.69, 9.17) is 4.42 Å². The first-order valence-electron chi connectivity index (χ1n) is 7.61. The number of nitrogens with zero attached hydrogens (tertiary/aromatic N) is 1. The molecule has 0 spiro atoms. The van der Waals surface area contributed by atoms with Gasteiger partial charge in [0.2, 0.25) is 0 Å². The molecule has 0 saturated heterocycles. The van der Waals surface area contributed by atoms with E-state index in [1.54, 1.807) is 0 Å². The molecule has 2 heterocycles. The third-order valence-corrected chi connectivity index (χ3v) is 4.12. The average Bonchev–Trinajstić information content (AvgIpc) is 2.94. The molecule has 0 amide bonds. The number of para-hydroxylation sites is 1. The Morgan fingerprint density at radius 3 is 2.55 bits per heavy atom. The van der Waals surface area contributed by atoms with E-state index in [1.165, 1.54) is 16.3 Å². The fraction of sp³-hybridized carbons (Fsp3) is 0.150. The topological polar surface area (TPSA) is 26.0 Å². The van der Waals surface area contributed by atoms with E-state index in [0.29, 0.717) is 5.92 Å². The number of pyridine rings is 1. The second-order valence-corrected chi connectivity index (χ2v) is 5.87. The van der Waals surface area contributed by atoms with Gasteiger partial charge in [0.15, 0.2) is 0 Å². The number of fused-ring (bicyclic) bond motifs is 3. The molecular formula is C20H17NO. The normalized spacial score (nSPS) is 11.6. The fourth-order valence-electron chi connectivity index (χ4n) is 3.08.